The number of benzene rings is 1. The van der Waals surface area contributed by atoms with Crippen molar-refractivity contribution in [3.63, 3.8) is 0 Å². The van der Waals surface area contributed by atoms with Gasteiger partial charge < -0.3 is 15.0 Å². The van der Waals surface area contributed by atoms with Crippen molar-refractivity contribution in [1.82, 2.24) is 15.5 Å². The maximum atomic E-state index is 12.2. The molecule has 1 heterocycles. The van der Waals surface area contributed by atoms with E-state index in [1.165, 1.54) is 0 Å². The lowest BCUT2D eigenvalue weighted by atomic mass is 10.1. The Labute approximate surface area is 155 Å². The topological polar surface area (TPSA) is 67.4 Å². The number of carbonyl (C=O) groups excluding carboxylic acids is 1. The summed E-state index contributed by atoms with van der Waals surface area (Å²) < 4.78 is 5.14. The Hall–Kier alpha value is -2.63. The first kappa shape index (κ1) is 19.7. The molecule has 0 aliphatic heterocycles. The zero-order chi connectivity index (χ0) is 18.8. The molecule has 26 heavy (non-hydrogen) atoms. The van der Waals surface area contributed by atoms with Crippen LogP contribution in [0, 0.1) is 0 Å². The molecule has 2 rings (SSSR count). The van der Waals surface area contributed by atoms with E-state index in [4.69, 9.17) is 4.74 Å². The zero-order valence-electron chi connectivity index (χ0n) is 15.9. The Morgan fingerprint density at radius 2 is 1.73 bits per heavy atom. The Bertz CT molecular complexity index is 665. The minimum atomic E-state index is -0.199. The van der Waals surface area contributed by atoms with Gasteiger partial charge in [-0.3, -0.25) is 4.79 Å². The highest BCUT2D eigenvalue weighted by atomic mass is 16.5. The first-order chi connectivity index (χ1) is 12.7. The Balaban J connectivity index is 1.86. The summed E-state index contributed by atoms with van der Waals surface area (Å²) >= 11 is 0. The number of amides is 1. The van der Waals surface area contributed by atoms with E-state index < -0.39 is 0 Å². The molecule has 0 fully saturated rings. The molecule has 0 saturated carbocycles. The van der Waals surface area contributed by atoms with Gasteiger partial charge in [-0.05, 0) is 49.1 Å². The molecule has 2 aromatic rings. The maximum Gasteiger partial charge on any atom is 0.271 e. The highest BCUT2D eigenvalue weighted by Gasteiger charge is 2.11. The SMILES string of the molecule is CCCN(CCC)c1ccc(C(=O)NCCc2ccc(OC)cc2)nn1. The van der Waals surface area contributed by atoms with Crippen LogP contribution in [0.3, 0.4) is 0 Å². The van der Waals surface area contributed by atoms with E-state index in [1.807, 2.05) is 30.3 Å². The second kappa shape index (κ2) is 10.4. The number of ether oxygens (including phenoxy) is 1. The Morgan fingerprint density at radius 3 is 2.27 bits per heavy atom. The highest BCUT2D eigenvalue weighted by Crippen LogP contribution is 2.12. The minimum absolute atomic E-state index is 0.199. The number of aromatic nitrogens is 2. The van der Waals surface area contributed by atoms with Crippen LogP contribution in [0.15, 0.2) is 36.4 Å². The first-order valence-corrected chi connectivity index (χ1v) is 9.17. The fourth-order valence-electron chi connectivity index (χ4n) is 2.70. The highest BCUT2D eigenvalue weighted by molar-refractivity contribution is 5.92. The third kappa shape index (κ3) is 5.72. The van der Waals surface area contributed by atoms with Crippen molar-refractivity contribution in [2.45, 2.75) is 33.1 Å². The van der Waals surface area contributed by atoms with Gasteiger partial charge in [-0.15, -0.1) is 10.2 Å². The predicted molar refractivity (Wildman–Crippen MR) is 104 cm³/mol. The number of anilines is 1. The molecule has 6 heteroatoms. The van der Waals surface area contributed by atoms with Gasteiger partial charge in [0.05, 0.1) is 7.11 Å². The summed E-state index contributed by atoms with van der Waals surface area (Å²) in [5.41, 5.74) is 1.48. The normalized spacial score (nSPS) is 10.4. The van der Waals surface area contributed by atoms with Crippen molar-refractivity contribution >= 4 is 11.7 Å². The molecule has 6 nitrogen and oxygen atoms in total. The lowest BCUT2D eigenvalue weighted by molar-refractivity contribution is 0.0948. The van der Waals surface area contributed by atoms with Gasteiger partial charge in [-0.25, -0.2) is 0 Å². The van der Waals surface area contributed by atoms with Gasteiger partial charge in [-0.2, -0.15) is 0 Å². The van der Waals surface area contributed by atoms with Gasteiger partial charge in [0.25, 0.3) is 5.91 Å². The van der Waals surface area contributed by atoms with Crippen LogP contribution in [0.5, 0.6) is 5.75 Å². The summed E-state index contributed by atoms with van der Waals surface area (Å²) in [6.45, 7) is 6.71. The average Bonchev–Trinajstić information content (AvgIpc) is 2.68. The summed E-state index contributed by atoms with van der Waals surface area (Å²) in [6.07, 6.45) is 2.85. The molecule has 0 saturated heterocycles. The summed E-state index contributed by atoms with van der Waals surface area (Å²) in [7, 11) is 1.64. The van der Waals surface area contributed by atoms with E-state index in [9.17, 15) is 4.79 Å². The van der Waals surface area contributed by atoms with Crippen LogP contribution in [-0.2, 0) is 6.42 Å². The van der Waals surface area contributed by atoms with Gasteiger partial charge in [0.2, 0.25) is 0 Å². The molecule has 1 aromatic carbocycles. The maximum absolute atomic E-state index is 12.2. The van der Waals surface area contributed by atoms with Gasteiger partial charge in [0, 0.05) is 19.6 Å². The molecule has 1 aromatic heterocycles. The average molecular weight is 356 g/mol. The van der Waals surface area contributed by atoms with Crippen molar-refractivity contribution in [3.8, 4) is 5.75 Å². The number of methoxy groups -OCH3 is 1. The standard InChI is InChI=1S/C20H28N4O2/c1-4-14-24(15-5-2)19-11-10-18(22-23-19)20(25)21-13-12-16-6-8-17(26-3)9-7-16/h6-11H,4-5,12-15H2,1-3H3,(H,21,25). The van der Waals surface area contributed by atoms with E-state index in [-0.39, 0.29) is 5.91 Å². The quantitative estimate of drug-likeness (QED) is 0.708. The molecule has 0 aliphatic rings. The first-order valence-electron chi connectivity index (χ1n) is 9.17. The molecular weight excluding hydrogens is 328 g/mol. The van der Waals surface area contributed by atoms with Crippen LogP contribution in [-0.4, -0.2) is 42.8 Å². The van der Waals surface area contributed by atoms with E-state index in [1.54, 1.807) is 13.2 Å². The van der Waals surface area contributed by atoms with Crippen LogP contribution in [0.2, 0.25) is 0 Å². The number of rotatable bonds is 10. The van der Waals surface area contributed by atoms with E-state index in [2.05, 4.69) is 34.3 Å². The molecule has 0 aliphatic carbocycles. The fraction of sp³-hybridized carbons (Fsp3) is 0.450. The summed E-state index contributed by atoms with van der Waals surface area (Å²) in [5.74, 6) is 1.45. The monoisotopic (exact) mass is 356 g/mol. The second-order valence-corrected chi connectivity index (χ2v) is 6.12. The molecule has 1 amide bonds. The van der Waals surface area contributed by atoms with E-state index in [0.29, 0.717) is 12.2 Å². The molecule has 0 bridgehead atoms. The van der Waals surface area contributed by atoms with Crippen LogP contribution < -0.4 is 15.0 Å². The van der Waals surface area contributed by atoms with E-state index >= 15 is 0 Å². The van der Waals surface area contributed by atoms with Crippen molar-refractivity contribution in [1.29, 1.82) is 0 Å². The summed E-state index contributed by atoms with van der Waals surface area (Å²) in [5, 5.41) is 11.2. The third-order valence-corrected chi connectivity index (χ3v) is 4.05. The van der Waals surface area contributed by atoms with Crippen LogP contribution >= 0.6 is 0 Å². The zero-order valence-corrected chi connectivity index (χ0v) is 15.9. The number of nitrogens with zero attached hydrogens (tertiary/aromatic N) is 3. The number of nitrogens with one attached hydrogen (secondary N) is 1. The van der Waals surface area contributed by atoms with Gasteiger partial charge in [0.1, 0.15) is 5.75 Å². The molecule has 0 atom stereocenters. The van der Waals surface area contributed by atoms with Crippen molar-refractivity contribution in [2.75, 3.05) is 31.6 Å². The van der Waals surface area contributed by atoms with Crippen molar-refractivity contribution < 1.29 is 9.53 Å². The molecule has 0 spiro atoms. The van der Waals surface area contributed by atoms with E-state index in [0.717, 1.165) is 49.5 Å². The number of hydrogen-bond acceptors (Lipinski definition) is 5. The largest absolute Gasteiger partial charge is 0.497 e. The van der Waals surface area contributed by atoms with Crippen molar-refractivity contribution in [2.24, 2.45) is 0 Å². The smallest absolute Gasteiger partial charge is 0.271 e. The van der Waals surface area contributed by atoms with Gasteiger partial charge in [0.15, 0.2) is 11.5 Å². The molecule has 0 unspecified atom stereocenters. The lowest BCUT2D eigenvalue weighted by Gasteiger charge is -2.21. The van der Waals surface area contributed by atoms with Gasteiger partial charge in [-0.1, -0.05) is 26.0 Å². The summed E-state index contributed by atoms with van der Waals surface area (Å²) in [6, 6.07) is 11.4. The molecule has 140 valence electrons. The third-order valence-electron chi connectivity index (χ3n) is 4.05. The van der Waals surface area contributed by atoms with Crippen LogP contribution in [0.1, 0.15) is 42.7 Å². The number of carbonyl (C=O) groups is 1. The Kier molecular flexibility index (Phi) is 7.86. The molecule has 1 N–H and O–H groups in total. The second-order valence-electron chi connectivity index (χ2n) is 6.12. The molecular formula is C20H28N4O2. The summed E-state index contributed by atoms with van der Waals surface area (Å²) in [4.78, 5) is 14.4. The Morgan fingerprint density at radius 1 is 1.04 bits per heavy atom. The van der Waals surface area contributed by atoms with Crippen LogP contribution in [0.25, 0.3) is 0 Å². The van der Waals surface area contributed by atoms with Gasteiger partial charge >= 0.3 is 0 Å². The molecule has 0 radical (unpaired) electrons. The van der Waals surface area contributed by atoms with Crippen LogP contribution in [0.4, 0.5) is 5.82 Å². The predicted octanol–water partition coefficient (Wildman–Crippen LogP) is 3.08. The fourth-order valence-corrected chi connectivity index (χ4v) is 2.70. The number of hydrogen-bond donors (Lipinski definition) is 1. The lowest BCUT2D eigenvalue weighted by Crippen LogP contribution is -2.28. The minimum Gasteiger partial charge on any atom is -0.497 e. The van der Waals surface area contributed by atoms with Crippen molar-refractivity contribution in [3.05, 3.63) is 47.7 Å².